The zero-order valence-corrected chi connectivity index (χ0v) is 19.9. The first-order chi connectivity index (χ1) is 13.6. The van der Waals surface area contributed by atoms with Gasteiger partial charge in [0.15, 0.2) is 5.96 Å². The van der Waals surface area contributed by atoms with E-state index in [4.69, 9.17) is 0 Å². The number of aliphatic imine (C=N–C) groups is 1. The van der Waals surface area contributed by atoms with Gasteiger partial charge in [-0.3, -0.25) is 0 Å². The molecular formula is C21H28IN5OS. The second-order valence-electron chi connectivity index (χ2n) is 6.74. The number of hydrogen-bond donors (Lipinski definition) is 3. The quantitative estimate of drug-likeness (QED) is 0.239. The SMILES string of the molecule is CCNC(=NCC(C)(O)c1cccs1)NCCc1ccc(-n2cccn2)cc1.I. The Hall–Kier alpha value is -1.91. The maximum Gasteiger partial charge on any atom is 0.191 e. The molecule has 0 aliphatic carbocycles. The van der Waals surface area contributed by atoms with E-state index in [0.717, 1.165) is 30.1 Å². The Balaban J connectivity index is 0.00000300. The summed E-state index contributed by atoms with van der Waals surface area (Å²) in [6.45, 7) is 5.66. The summed E-state index contributed by atoms with van der Waals surface area (Å²) in [4.78, 5) is 5.48. The van der Waals surface area contributed by atoms with Crippen molar-refractivity contribution in [2.24, 2.45) is 4.99 Å². The molecule has 0 saturated heterocycles. The number of hydrogen-bond acceptors (Lipinski definition) is 4. The zero-order valence-electron chi connectivity index (χ0n) is 16.7. The highest BCUT2D eigenvalue weighted by molar-refractivity contribution is 14.0. The second kappa shape index (κ2) is 11.3. The van der Waals surface area contributed by atoms with Crippen molar-refractivity contribution < 1.29 is 5.11 Å². The standard InChI is InChI=1S/C21H27N5OS.HI/c1-3-22-20(24-16-21(2,27)19-6-4-15-28-19)23-13-11-17-7-9-18(10-8-17)26-14-5-12-25-26;/h4-10,12,14-15,27H,3,11,13,16H2,1-2H3,(H2,22,23,24);1H. The van der Waals surface area contributed by atoms with Crippen molar-refractivity contribution in [2.45, 2.75) is 25.9 Å². The number of nitrogens with zero attached hydrogens (tertiary/aromatic N) is 3. The summed E-state index contributed by atoms with van der Waals surface area (Å²) < 4.78 is 1.84. The lowest BCUT2D eigenvalue weighted by molar-refractivity contribution is 0.0711. The van der Waals surface area contributed by atoms with Crippen LogP contribution >= 0.6 is 35.3 Å². The maximum absolute atomic E-state index is 10.6. The third-order valence-electron chi connectivity index (χ3n) is 4.35. The summed E-state index contributed by atoms with van der Waals surface area (Å²) in [6.07, 6.45) is 4.58. The number of benzene rings is 1. The fourth-order valence-electron chi connectivity index (χ4n) is 2.80. The molecule has 0 fully saturated rings. The van der Waals surface area contributed by atoms with Gasteiger partial charge in [-0.05, 0) is 55.5 Å². The molecule has 3 aromatic rings. The Morgan fingerprint density at radius 3 is 2.62 bits per heavy atom. The van der Waals surface area contributed by atoms with E-state index < -0.39 is 5.60 Å². The topological polar surface area (TPSA) is 74.5 Å². The van der Waals surface area contributed by atoms with Gasteiger partial charge in [0.2, 0.25) is 0 Å². The highest BCUT2D eigenvalue weighted by atomic mass is 127. The molecule has 0 radical (unpaired) electrons. The van der Waals surface area contributed by atoms with E-state index >= 15 is 0 Å². The van der Waals surface area contributed by atoms with Crippen LogP contribution in [0.2, 0.25) is 0 Å². The number of nitrogens with one attached hydrogen (secondary N) is 2. The Morgan fingerprint density at radius 2 is 2.00 bits per heavy atom. The van der Waals surface area contributed by atoms with Crippen molar-refractivity contribution in [2.75, 3.05) is 19.6 Å². The molecule has 0 spiro atoms. The van der Waals surface area contributed by atoms with Gasteiger partial charge in [-0.25, -0.2) is 9.67 Å². The van der Waals surface area contributed by atoms with Crippen LogP contribution in [0.15, 0.2) is 65.2 Å². The fourth-order valence-corrected chi connectivity index (χ4v) is 3.58. The van der Waals surface area contributed by atoms with E-state index in [1.807, 2.05) is 41.4 Å². The van der Waals surface area contributed by atoms with Crippen molar-refractivity contribution >= 4 is 41.3 Å². The number of rotatable bonds is 8. The first-order valence-electron chi connectivity index (χ1n) is 9.46. The number of guanidine groups is 1. The number of halogens is 1. The van der Waals surface area contributed by atoms with Crippen LogP contribution in [-0.2, 0) is 12.0 Å². The molecule has 3 N–H and O–H groups in total. The van der Waals surface area contributed by atoms with Gasteiger partial charge in [0.1, 0.15) is 5.60 Å². The molecular weight excluding hydrogens is 497 g/mol. The highest BCUT2D eigenvalue weighted by Gasteiger charge is 2.23. The van der Waals surface area contributed by atoms with Crippen molar-refractivity contribution in [3.63, 3.8) is 0 Å². The highest BCUT2D eigenvalue weighted by Crippen LogP contribution is 2.25. The minimum absolute atomic E-state index is 0. The molecule has 29 heavy (non-hydrogen) atoms. The van der Waals surface area contributed by atoms with Crippen LogP contribution in [0, 0.1) is 0 Å². The molecule has 3 rings (SSSR count). The van der Waals surface area contributed by atoms with E-state index in [1.54, 1.807) is 24.5 Å². The molecule has 0 aliphatic rings. The molecule has 1 aromatic carbocycles. The van der Waals surface area contributed by atoms with Crippen LogP contribution in [0.5, 0.6) is 0 Å². The van der Waals surface area contributed by atoms with Crippen molar-refractivity contribution in [1.29, 1.82) is 0 Å². The zero-order chi connectivity index (χ0) is 19.8. The first-order valence-corrected chi connectivity index (χ1v) is 10.3. The molecule has 6 nitrogen and oxygen atoms in total. The average molecular weight is 525 g/mol. The predicted octanol–water partition coefficient (Wildman–Crippen LogP) is 3.56. The fraction of sp³-hybridized carbons (Fsp3) is 0.333. The normalized spacial score (nSPS) is 13.4. The molecule has 0 saturated carbocycles. The average Bonchev–Trinajstić information content (AvgIpc) is 3.41. The maximum atomic E-state index is 10.6. The van der Waals surface area contributed by atoms with Crippen molar-refractivity contribution in [1.82, 2.24) is 20.4 Å². The largest absolute Gasteiger partial charge is 0.383 e. The summed E-state index contributed by atoms with van der Waals surface area (Å²) in [6, 6.07) is 14.2. The van der Waals surface area contributed by atoms with Gasteiger partial charge in [0, 0.05) is 30.4 Å². The molecule has 0 bridgehead atoms. The molecule has 2 aromatic heterocycles. The van der Waals surface area contributed by atoms with Gasteiger partial charge in [-0.2, -0.15) is 5.10 Å². The molecule has 0 aliphatic heterocycles. The second-order valence-corrected chi connectivity index (χ2v) is 7.69. The Labute approximate surface area is 193 Å². The summed E-state index contributed by atoms with van der Waals surface area (Å²) in [5.41, 5.74) is 1.33. The van der Waals surface area contributed by atoms with E-state index in [-0.39, 0.29) is 24.0 Å². The summed E-state index contributed by atoms with van der Waals surface area (Å²) in [7, 11) is 0. The van der Waals surface area contributed by atoms with Gasteiger partial charge in [-0.1, -0.05) is 18.2 Å². The molecule has 156 valence electrons. The molecule has 0 amide bonds. The molecule has 1 unspecified atom stereocenters. The van der Waals surface area contributed by atoms with E-state index in [1.165, 1.54) is 5.56 Å². The van der Waals surface area contributed by atoms with Crippen LogP contribution in [0.4, 0.5) is 0 Å². The van der Waals surface area contributed by atoms with Crippen LogP contribution in [0.1, 0.15) is 24.3 Å². The van der Waals surface area contributed by atoms with E-state index in [9.17, 15) is 5.11 Å². The smallest absolute Gasteiger partial charge is 0.191 e. The van der Waals surface area contributed by atoms with Gasteiger partial charge >= 0.3 is 0 Å². The van der Waals surface area contributed by atoms with Crippen LogP contribution in [0.3, 0.4) is 0 Å². The summed E-state index contributed by atoms with van der Waals surface area (Å²) in [5.74, 6) is 0.715. The lowest BCUT2D eigenvalue weighted by Gasteiger charge is -2.20. The van der Waals surface area contributed by atoms with E-state index in [2.05, 4.69) is 45.0 Å². The minimum atomic E-state index is -0.959. The summed E-state index contributed by atoms with van der Waals surface area (Å²) in [5, 5.41) is 23.4. The van der Waals surface area contributed by atoms with Crippen LogP contribution < -0.4 is 10.6 Å². The Morgan fingerprint density at radius 1 is 1.21 bits per heavy atom. The Kier molecular flexibility index (Phi) is 9.12. The number of thiophene rings is 1. The van der Waals surface area contributed by atoms with Crippen molar-refractivity contribution in [3.05, 3.63) is 70.7 Å². The molecule has 2 heterocycles. The lowest BCUT2D eigenvalue weighted by Crippen LogP contribution is -2.39. The summed E-state index contributed by atoms with van der Waals surface area (Å²) >= 11 is 1.54. The lowest BCUT2D eigenvalue weighted by atomic mass is 10.1. The van der Waals surface area contributed by atoms with Gasteiger partial charge in [0.25, 0.3) is 0 Å². The minimum Gasteiger partial charge on any atom is -0.383 e. The Bertz CT molecular complexity index is 861. The monoisotopic (exact) mass is 525 g/mol. The van der Waals surface area contributed by atoms with Gasteiger partial charge < -0.3 is 15.7 Å². The van der Waals surface area contributed by atoms with Gasteiger partial charge in [0.05, 0.1) is 12.2 Å². The van der Waals surface area contributed by atoms with E-state index in [0.29, 0.717) is 12.5 Å². The van der Waals surface area contributed by atoms with Crippen LogP contribution in [0.25, 0.3) is 5.69 Å². The molecule has 1 atom stereocenters. The third-order valence-corrected chi connectivity index (χ3v) is 5.48. The first kappa shape index (κ1) is 23.4. The van der Waals surface area contributed by atoms with Crippen LogP contribution in [-0.4, -0.2) is 40.5 Å². The third kappa shape index (κ3) is 6.83. The predicted molar refractivity (Wildman–Crippen MR) is 131 cm³/mol. The number of aromatic nitrogens is 2. The van der Waals surface area contributed by atoms with Crippen molar-refractivity contribution in [3.8, 4) is 5.69 Å². The number of aliphatic hydroxyl groups is 1. The van der Waals surface area contributed by atoms with Gasteiger partial charge in [-0.15, -0.1) is 35.3 Å². The molecule has 8 heteroatoms.